The van der Waals surface area contributed by atoms with Gasteiger partial charge in [-0.3, -0.25) is 9.11 Å². The molecular formula is C17H39F3NO4S+. The highest BCUT2D eigenvalue weighted by molar-refractivity contribution is 7.79. The molecule has 0 radical (unpaired) electrons. The molecule has 0 aliphatic heterocycles. The zero-order valence-electron chi connectivity index (χ0n) is 16.8. The van der Waals surface area contributed by atoms with Gasteiger partial charge in [0.15, 0.2) is 0 Å². The molecule has 0 aromatic rings. The predicted molar refractivity (Wildman–Crippen MR) is 101 cm³/mol. The monoisotopic (exact) mass is 410 g/mol. The lowest BCUT2D eigenvalue weighted by molar-refractivity contribution is -0.929. The van der Waals surface area contributed by atoms with E-state index in [0.717, 1.165) is 0 Å². The van der Waals surface area contributed by atoms with Crippen molar-refractivity contribution in [3.05, 3.63) is 0 Å². The van der Waals surface area contributed by atoms with Gasteiger partial charge in [0.25, 0.3) is 0 Å². The summed E-state index contributed by atoms with van der Waals surface area (Å²) >= 11 is 0. The molecular weight excluding hydrogens is 371 g/mol. The molecule has 0 saturated carbocycles. The molecule has 0 spiro atoms. The van der Waals surface area contributed by atoms with Crippen LogP contribution in [0.2, 0.25) is 0 Å². The Morgan fingerprint density at radius 1 is 0.692 bits per heavy atom. The number of halogens is 3. The molecule has 0 atom stereocenters. The first-order chi connectivity index (χ1) is 12.0. The maximum atomic E-state index is 9.67. The molecule has 0 saturated heterocycles. The molecule has 2 N–H and O–H groups in total. The molecule has 0 rings (SSSR count). The number of quaternary nitrogens is 1. The lowest BCUT2D eigenvalue weighted by Gasteiger charge is -2.39. The summed E-state index contributed by atoms with van der Waals surface area (Å²) in [4.78, 5) is 0. The van der Waals surface area contributed by atoms with Crippen LogP contribution in [0.5, 0.6) is 0 Å². The van der Waals surface area contributed by atoms with Gasteiger partial charge >= 0.3 is 17.1 Å². The summed E-state index contributed by atoms with van der Waals surface area (Å²) in [6.07, 6.45) is 11.1. The largest absolute Gasteiger partial charge is 0.394 e. The molecule has 0 bridgehead atoms. The van der Waals surface area contributed by atoms with Crippen molar-refractivity contribution in [2.45, 2.75) is 85.7 Å². The van der Waals surface area contributed by atoms with E-state index in [2.05, 4.69) is 27.7 Å². The average molecular weight is 411 g/mol. The van der Waals surface area contributed by atoms with Crippen molar-refractivity contribution in [2.75, 3.05) is 26.2 Å². The topological polar surface area (TPSA) is 74.6 Å². The number of nitrogens with zero attached hydrogens (tertiary/aromatic N) is 1. The molecule has 9 heteroatoms. The molecule has 0 fully saturated rings. The van der Waals surface area contributed by atoms with Crippen LogP contribution in [0.25, 0.3) is 0 Å². The van der Waals surface area contributed by atoms with Gasteiger partial charge in [-0.2, -0.15) is 21.6 Å². The third-order valence-corrected chi connectivity index (χ3v) is 3.94. The number of unbranched alkanes of at least 4 members (excludes halogenated alkanes) is 4. The average Bonchev–Trinajstić information content (AvgIpc) is 2.51. The Balaban J connectivity index is -0.000000484. The van der Waals surface area contributed by atoms with E-state index < -0.39 is 17.1 Å². The van der Waals surface area contributed by atoms with Gasteiger partial charge in [0, 0.05) is 0 Å². The summed E-state index contributed by atoms with van der Waals surface area (Å²) in [5.41, 5.74) is 0. The Labute approximate surface area is 158 Å². The van der Waals surface area contributed by atoms with Crippen LogP contribution < -0.4 is 0 Å². The van der Waals surface area contributed by atoms with Crippen LogP contribution in [0, 0.1) is 0 Å². The molecule has 0 heterocycles. The highest BCUT2D eigenvalue weighted by atomic mass is 32.3. The molecule has 0 aromatic heterocycles. The summed E-state index contributed by atoms with van der Waals surface area (Å²) in [6, 6.07) is 0. The lowest BCUT2D eigenvalue weighted by atomic mass is 10.1. The fraction of sp³-hybridized carbons (Fsp3) is 1.00. The fourth-order valence-electron chi connectivity index (χ4n) is 2.64. The van der Waals surface area contributed by atoms with Gasteiger partial charge in [-0.1, -0.05) is 53.4 Å². The van der Waals surface area contributed by atoms with Gasteiger partial charge in [-0.25, -0.2) is 0 Å². The standard InChI is InChI=1S/C16H36N.CHF3.H2O4S/c1-5-9-13-17(14-10-6-2,15-11-7-3)16-12-8-4;2-1(3)4;1-5(2,3)4/h5-16H2,1-4H3;1H;(H2,1,2,3,4)/q+1;;. The Bertz CT molecular complexity index is 334. The first-order valence-corrected chi connectivity index (χ1v) is 10.8. The first kappa shape index (κ1) is 30.4. The van der Waals surface area contributed by atoms with E-state index in [4.69, 9.17) is 17.5 Å². The predicted octanol–water partition coefficient (Wildman–Crippen LogP) is 5.53. The highest BCUT2D eigenvalue weighted by Crippen LogP contribution is 2.16. The number of rotatable bonds is 12. The third kappa shape index (κ3) is 31.4. The zero-order chi connectivity index (χ0) is 21.1. The number of hydrogen-bond acceptors (Lipinski definition) is 2. The maximum Gasteiger partial charge on any atom is 0.394 e. The minimum atomic E-state index is -4.67. The van der Waals surface area contributed by atoms with Crippen LogP contribution >= 0.6 is 0 Å². The van der Waals surface area contributed by atoms with Crippen LogP contribution in [0.3, 0.4) is 0 Å². The van der Waals surface area contributed by atoms with Crippen molar-refractivity contribution in [2.24, 2.45) is 0 Å². The van der Waals surface area contributed by atoms with Gasteiger partial charge in [-0.05, 0) is 25.7 Å². The summed E-state index contributed by atoms with van der Waals surface area (Å²) in [6.45, 7) is 11.4. The van der Waals surface area contributed by atoms with E-state index in [1.165, 1.54) is 82.0 Å². The maximum absolute atomic E-state index is 9.67. The Hall–Kier alpha value is -0.380. The molecule has 0 aliphatic rings. The highest BCUT2D eigenvalue weighted by Gasteiger charge is 2.24. The quantitative estimate of drug-likeness (QED) is 0.328. The van der Waals surface area contributed by atoms with E-state index in [9.17, 15) is 13.2 Å². The van der Waals surface area contributed by atoms with E-state index in [-0.39, 0.29) is 0 Å². The third-order valence-electron chi connectivity index (χ3n) is 3.94. The Kier molecular flexibility index (Phi) is 22.6. The molecule has 0 aliphatic carbocycles. The second-order valence-corrected chi connectivity index (χ2v) is 7.24. The normalized spacial score (nSPS) is 11.5. The van der Waals surface area contributed by atoms with Crippen molar-refractivity contribution in [1.29, 1.82) is 0 Å². The van der Waals surface area contributed by atoms with Crippen molar-refractivity contribution in [3.8, 4) is 0 Å². The van der Waals surface area contributed by atoms with E-state index in [0.29, 0.717) is 0 Å². The van der Waals surface area contributed by atoms with Gasteiger partial charge < -0.3 is 4.48 Å². The Morgan fingerprint density at radius 3 is 0.962 bits per heavy atom. The molecule has 162 valence electrons. The van der Waals surface area contributed by atoms with Gasteiger partial charge in [0.1, 0.15) is 0 Å². The van der Waals surface area contributed by atoms with Crippen LogP contribution in [0.4, 0.5) is 13.2 Å². The zero-order valence-corrected chi connectivity index (χ0v) is 17.6. The van der Waals surface area contributed by atoms with Crippen LogP contribution in [-0.4, -0.2) is 54.9 Å². The van der Waals surface area contributed by atoms with E-state index in [1.807, 2.05) is 0 Å². The minimum absolute atomic E-state index is 1.35. The second-order valence-electron chi connectivity index (χ2n) is 6.35. The molecule has 0 unspecified atom stereocenters. The Morgan fingerprint density at radius 2 is 0.846 bits per heavy atom. The SMILES string of the molecule is CCCC[N+](CCCC)(CCCC)CCCC.FC(F)F.O=S(=O)(O)O. The van der Waals surface area contributed by atoms with Gasteiger partial charge in [0.05, 0.1) is 26.2 Å². The first-order valence-electron chi connectivity index (χ1n) is 9.45. The second kappa shape index (κ2) is 19.4. The van der Waals surface area contributed by atoms with E-state index >= 15 is 0 Å². The fourth-order valence-corrected chi connectivity index (χ4v) is 2.64. The summed E-state index contributed by atoms with van der Waals surface area (Å²) in [7, 11) is -4.67. The smallest absolute Gasteiger partial charge is 0.324 e. The molecule has 0 amide bonds. The van der Waals surface area contributed by atoms with Crippen LogP contribution in [-0.2, 0) is 10.4 Å². The summed E-state index contributed by atoms with van der Waals surface area (Å²) in [5.74, 6) is 0. The van der Waals surface area contributed by atoms with Crippen LogP contribution in [0.1, 0.15) is 79.1 Å². The molecule has 5 nitrogen and oxygen atoms in total. The number of hydrogen-bond donors (Lipinski definition) is 2. The minimum Gasteiger partial charge on any atom is -0.324 e. The van der Waals surface area contributed by atoms with Crippen molar-refractivity contribution in [3.63, 3.8) is 0 Å². The lowest BCUT2D eigenvalue weighted by Crippen LogP contribution is -2.50. The van der Waals surface area contributed by atoms with Gasteiger partial charge in [0.2, 0.25) is 0 Å². The van der Waals surface area contributed by atoms with Crippen molar-refractivity contribution >= 4 is 10.4 Å². The van der Waals surface area contributed by atoms with Crippen molar-refractivity contribution < 1.29 is 35.2 Å². The molecule has 0 aromatic carbocycles. The van der Waals surface area contributed by atoms with Crippen molar-refractivity contribution in [1.82, 2.24) is 0 Å². The summed E-state index contributed by atoms with van der Waals surface area (Å²) < 4.78 is 62.0. The van der Waals surface area contributed by atoms with Gasteiger partial charge in [-0.15, -0.1) is 0 Å². The number of alkyl halides is 3. The summed E-state index contributed by atoms with van der Waals surface area (Å²) in [5, 5.41) is 0. The molecule has 26 heavy (non-hydrogen) atoms. The van der Waals surface area contributed by atoms with Crippen LogP contribution in [0.15, 0.2) is 0 Å². The van der Waals surface area contributed by atoms with E-state index in [1.54, 1.807) is 0 Å².